The first-order valence-electron chi connectivity index (χ1n) is 6.76. The fraction of sp³-hybridized carbons (Fsp3) is 0.600. The molecule has 0 aliphatic rings. The maximum Gasteiger partial charge on any atom is 0.389 e. The molecule has 1 unspecified atom stereocenters. The van der Waals surface area contributed by atoms with Crippen molar-refractivity contribution in [2.45, 2.75) is 51.7 Å². The standard InChI is InChI=1S/C15H22F3N/c1-3-19-14(9-10-15(16,17)18)8-7-13-6-4-5-12(2)11-13/h4-6,11,14,19H,3,7-10H2,1-2H3. The summed E-state index contributed by atoms with van der Waals surface area (Å²) < 4.78 is 36.7. The summed E-state index contributed by atoms with van der Waals surface area (Å²) in [5, 5.41) is 3.14. The quantitative estimate of drug-likeness (QED) is 0.783. The van der Waals surface area contributed by atoms with Crippen molar-refractivity contribution in [2.24, 2.45) is 0 Å². The van der Waals surface area contributed by atoms with E-state index in [0.717, 1.165) is 12.8 Å². The van der Waals surface area contributed by atoms with Gasteiger partial charge in [-0.3, -0.25) is 0 Å². The van der Waals surface area contributed by atoms with Gasteiger partial charge in [0.05, 0.1) is 0 Å². The minimum absolute atomic E-state index is 0.0628. The molecule has 0 amide bonds. The molecule has 0 saturated heterocycles. The van der Waals surface area contributed by atoms with E-state index in [1.54, 1.807) is 0 Å². The molecule has 1 aromatic rings. The van der Waals surface area contributed by atoms with Crippen LogP contribution >= 0.6 is 0 Å². The molecule has 0 spiro atoms. The summed E-state index contributed by atoms with van der Waals surface area (Å²) in [5.74, 6) is 0. The smallest absolute Gasteiger partial charge is 0.314 e. The van der Waals surface area contributed by atoms with E-state index >= 15 is 0 Å². The van der Waals surface area contributed by atoms with Gasteiger partial charge in [0.15, 0.2) is 0 Å². The van der Waals surface area contributed by atoms with Gasteiger partial charge in [-0.2, -0.15) is 13.2 Å². The zero-order valence-corrected chi connectivity index (χ0v) is 11.6. The summed E-state index contributed by atoms with van der Waals surface area (Å²) in [6.45, 7) is 4.65. The van der Waals surface area contributed by atoms with E-state index in [1.165, 1.54) is 11.1 Å². The molecule has 108 valence electrons. The molecule has 0 aliphatic carbocycles. The predicted octanol–water partition coefficient (Wildman–Crippen LogP) is 4.25. The first-order chi connectivity index (χ1) is 8.90. The van der Waals surface area contributed by atoms with Crippen LogP contribution in [0.1, 0.15) is 37.3 Å². The third kappa shape index (κ3) is 7.21. The molecule has 0 aliphatic heterocycles. The van der Waals surface area contributed by atoms with E-state index < -0.39 is 12.6 Å². The Labute approximate surface area is 113 Å². The summed E-state index contributed by atoms with van der Waals surface area (Å²) in [5.41, 5.74) is 2.38. The first-order valence-corrected chi connectivity index (χ1v) is 6.76. The normalized spacial score (nSPS) is 13.5. The maximum atomic E-state index is 12.2. The maximum absolute atomic E-state index is 12.2. The number of hydrogen-bond acceptors (Lipinski definition) is 1. The van der Waals surface area contributed by atoms with Gasteiger partial charge in [0, 0.05) is 12.5 Å². The van der Waals surface area contributed by atoms with Crippen molar-refractivity contribution in [3.8, 4) is 0 Å². The molecule has 1 aromatic carbocycles. The van der Waals surface area contributed by atoms with Crippen LogP contribution in [0.4, 0.5) is 13.2 Å². The van der Waals surface area contributed by atoms with Gasteiger partial charge in [0.25, 0.3) is 0 Å². The van der Waals surface area contributed by atoms with Crippen molar-refractivity contribution in [2.75, 3.05) is 6.54 Å². The third-order valence-electron chi connectivity index (χ3n) is 3.13. The number of alkyl halides is 3. The predicted molar refractivity (Wildman–Crippen MR) is 72.3 cm³/mol. The molecule has 1 nitrogen and oxygen atoms in total. The summed E-state index contributed by atoms with van der Waals surface area (Å²) in [6.07, 6.45) is -3.05. The molecule has 1 atom stereocenters. The van der Waals surface area contributed by atoms with Crippen molar-refractivity contribution < 1.29 is 13.2 Å². The fourth-order valence-electron chi connectivity index (χ4n) is 2.18. The number of aryl methyl sites for hydroxylation is 2. The molecular formula is C15H22F3N. The van der Waals surface area contributed by atoms with Crippen molar-refractivity contribution in [1.82, 2.24) is 5.32 Å². The molecule has 1 rings (SSSR count). The Balaban J connectivity index is 2.45. The minimum Gasteiger partial charge on any atom is -0.314 e. The molecule has 0 radical (unpaired) electrons. The lowest BCUT2D eigenvalue weighted by atomic mass is 10.0. The van der Waals surface area contributed by atoms with Crippen LogP contribution in [-0.2, 0) is 6.42 Å². The van der Waals surface area contributed by atoms with E-state index in [9.17, 15) is 13.2 Å². The Morgan fingerprint density at radius 3 is 2.53 bits per heavy atom. The van der Waals surface area contributed by atoms with Crippen molar-refractivity contribution >= 4 is 0 Å². The van der Waals surface area contributed by atoms with Crippen molar-refractivity contribution in [1.29, 1.82) is 0 Å². The van der Waals surface area contributed by atoms with Gasteiger partial charge in [-0.1, -0.05) is 36.8 Å². The average Bonchev–Trinajstić information content (AvgIpc) is 2.32. The highest BCUT2D eigenvalue weighted by atomic mass is 19.4. The lowest BCUT2D eigenvalue weighted by Crippen LogP contribution is -2.30. The van der Waals surface area contributed by atoms with Crippen LogP contribution in [-0.4, -0.2) is 18.8 Å². The number of benzene rings is 1. The lowest BCUT2D eigenvalue weighted by Gasteiger charge is -2.18. The second-order valence-corrected chi connectivity index (χ2v) is 4.94. The van der Waals surface area contributed by atoms with E-state index in [-0.39, 0.29) is 12.5 Å². The van der Waals surface area contributed by atoms with E-state index in [0.29, 0.717) is 6.54 Å². The summed E-state index contributed by atoms with van der Waals surface area (Å²) in [7, 11) is 0. The molecule has 0 bridgehead atoms. The Morgan fingerprint density at radius 1 is 1.21 bits per heavy atom. The topological polar surface area (TPSA) is 12.0 Å². The molecule has 1 N–H and O–H groups in total. The van der Waals surface area contributed by atoms with E-state index in [2.05, 4.69) is 11.4 Å². The van der Waals surface area contributed by atoms with Gasteiger partial charge in [-0.25, -0.2) is 0 Å². The van der Waals surface area contributed by atoms with E-state index in [4.69, 9.17) is 0 Å². The molecule has 19 heavy (non-hydrogen) atoms. The Bertz CT molecular complexity index is 374. The fourth-order valence-corrected chi connectivity index (χ4v) is 2.18. The molecule has 0 saturated carbocycles. The Morgan fingerprint density at radius 2 is 1.95 bits per heavy atom. The van der Waals surface area contributed by atoms with Crippen molar-refractivity contribution in [3.63, 3.8) is 0 Å². The van der Waals surface area contributed by atoms with Crippen LogP contribution in [0.25, 0.3) is 0 Å². The van der Waals surface area contributed by atoms with Crippen LogP contribution in [0.5, 0.6) is 0 Å². The van der Waals surface area contributed by atoms with Crippen LogP contribution in [0.2, 0.25) is 0 Å². The van der Waals surface area contributed by atoms with Crippen LogP contribution in [0, 0.1) is 6.92 Å². The molecule has 0 heterocycles. The van der Waals surface area contributed by atoms with Crippen LogP contribution in [0.15, 0.2) is 24.3 Å². The molecule has 4 heteroatoms. The monoisotopic (exact) mass is 273 g/mol. The molecular weight excluding hydrogens is 251 g/mol. The Kier molecular flexibility index (Phi) is 6.35. The average molecular weight is 273 g/mol. The van der Waals surface area contributed by atoms with Gasteiger partial charge in [-0.15, -0.1) is 0 Å². The largest absolute Gasteiger partial charge is 0.389 e. The summed E-state index contributed by atoms with van der Waals surface area (Å²) >= 11 is 0. The van der Waals surface area contributed by atoms with Gasteiger partial charge < -0.3 is 5.32 Å². The van der Waals surface area contributed by atoms with Gasteiger partial charge >= 0.3 is 6.18 Å². The number of rotatable bonds is 7. The highest BCUT2D eigenvalue weighted by Gasteiger charge is 2.27. The zero-order chi connectivity index (χ0) is 14.3. The van der Waals surface area contributed by atoms with E-state index in [1.807, 2.05) is 32.0 Å². The number of hydrogen-bond donors (Lipinski definition) is 1. The summed E-state index contributed by atoms with van der Waals surface area (Å²) in [6, 6.07) is 8.07. The number of halogens is 3. The molecule has 0 aromatic heterocycles. The zero-order valence-electron chi connectivity index (χ0n) is 11.6. The third-order valence-corrected chi connectivity index (χ3v) is 3.13. The van der Waals surface area contributed by atoms with Gasteiger partial charge in [-0.05, 0) is 38.3 Å². The van der Waals surface area contributed by atoms with Crippen LogP contribution in [0.3, 0.4) is 0 Å². The minimum atomic E-state index is -4.06. The highest BCUT2D eigenvalue weighted by Crippen LogP contribution is 2.23. The SMILES string of the molecule is CCNC(CCc1cccc(C)c1)CCC(F)(F)F. The van der Waals surface area contributed by atoms with Gasteiger partial charge in [0.1, 0.15) is 0 Å². The van der Waals surface area contributed by atoms with Crippen LogP contribution < -0.4 is 5.32 Å². The highest BCUT2D eigenvalue weighted by molar-refractivity contribution is 5.22. The molecule has 0 fully saturated rings. The summed E-state index contributed by atoms with van der Waals surface area (Å²) in [4.78, 5) is 0. The number of nitrogens with one attached hydrogen (secondary N) is 1. The second kappa shape index (κ2) is 7.53. The lowest BCUT2D eigenvalue weighted by molar-refractivity contribution is -0.136. The second-order valence-electron chi connectivity index (χ2n) is 4.94. The first kappa shape index (κ1) is 16.0. The van der Waals surface area contributed by atoms with Gasteiger partial charge in [0.2, 0.25) is 0 Å². The van der Waals surface area contributed by atoms with Crippen molar-refractivity contribution in [3.05, 3.63) is 35.4 Å². The Hall–Kier alpha value is -1.03.